The van der Waals surface area contributed by atoms with Gasteiger partial charge in [0.05, 0.1) is 19.0 Å². The van der Waals surface area contributed by atoms with Crippen LogP contribution in [0.1, 0.15) is 12.0 Å². The van der Waals surface area contributed by atoms with E-state index in [1.165, 1.54) is 4.90 Å². The maximum atomic E-state index is 11.6. The molecule has 0 aromatic carbocycles. The predicted molar refractivity (Wildman–Crippen MR) is 56.8 cm³/mol. The van der Waals surface area contributed by atoms with Gasteiger partial charge < -0.3 is 10.0 Å². The number of aliphatic carboxylic acids is 1. The molecular formula is C10H15N3O3. The predicted octanol–water partition coefficient (Wildman–Crippen LogP) is -0.104. The number of aromatic nitrogens is 2. The van der Waals surface area contributed by atoms with Crippen molar-refractivity contribution in [2.45, 2.75) is 12.8 Å². The highest BCUT2D eigenvalue weighted by Gasteiger charge is 2.11. The van der Waals surface area contributed by atoms with E-state index < -0.39 is 5.97 Å². The van der Waals surface area contributed by atoms with Gasteiger partial charge in [-0.1, -0.05) is 0 Å². The van der Waals surface area contributed by atoms with Crippen molar-refractivity contribution < 1.29 is 14.7 Å². The molecule has 1 N–H and O–H groups in total. The first-order chi connectivity index (χ1) is 7.49. The van der Waals surface area contributed by atoms with Crippen LogP contribution in [-0.2, 0) is 23.1 Å². The zero-order valence-electron chi connectivity index (χ0n) is 9.38. The van der Waals surface area contributed by atoms with Crippen LogP contribution in [0.15, 0.2) is 12.4 Å². The molecule has 16 heavy (non-hydrogen) atoms. The number of hydrogen-bond acceptors (Lipinski definition) is 3. The SMILES string of the molecule is CN(CCC(=O)O)C(=O)Cc1cnn(C)c1. The second kappa shape index (κ2) is 5.29. The lowest BCUT2D eigenvalue weighted by Gasteiger charge is -2.15. The Balaban J connectivity index is 2.42. The molecular weight excluding hydrogens is 210 g/mol. The molecule has 0 fully saturated rings. The Labute approximate surface area is 93.5 Å². The van der Waals surface area contributed by atoms with Crippen molar-refractivity contribution in [1.29, 1.82) is 0 Å². The third kappa shape index (κ3) is 3.72. The first kappa shape index (κ1) is 12.2. The molecule has 0 bridgehead atoms. The Morgan fingerprint density at radius 2 is 2.25 bits per heavy atom. The van der Waals surface area contributed by atoms with E-state index in [-0.39, 0.29) is 25.3 Å². The number of likely N-dealkylation sites (N-methyl/N-ethyl adjacent to an activating group) is 1. The average Bonchev–Trinajstić information content (AvgIpc) is 2.60. The Kier molecular flexibility index (Phi) is 4.04. The van der Waals surface area contributed by atoms with Gasteiger partial charge in [-0.3, -0.25) is 14.3 Å². The monoisotopic (exact) mass is 225 g/mol. The van der Waals surface area contributed by atoms with E-state index in [4.69, 9.17) is 5.11 Å². The summed E-state index contributed by atoms with van der Waals surface area (Å²) in [6.45, 7) is 0.231. The van der Waals surface area contributed by atoms with E-state index in [1.54, 1.807) is 31.2 Å². The second-order valence-electron chi connectivity index (χ2n) is 3.66. The molecule has 1 aromatic heterocycles. The van der Waals surface area contributed by atoms with E-state index in [0.717, 1.165) is 5.56 Å². The van der Waals surface area contributed by atoms with Crippen LogP contribution >= 0.6 is 0 Å². The number of carbonyl (C=O) groups is 2. The molecule has 6 nitrogen and oxygen atoms in total. The minimum absolute atomic E-state index is 0.0325. The van der Waals surface area contributed by atoms with Crippen LogP contribution in [-0.4, -0.2) is 45.3 Å². The summed E-state index contributed by atoms with van der Waals surface area (Å²) in [4.78, 5) is 23.4. The number of nitrogens with zero attached hydrogens (tertiary/aromatic N) is 3. The summed E-state index contributed by atoms with van der Waals surface area (Å²) in [7, 11) is 3.38. The molecule has 0 saturated carbocycles. The summed E-state index contributed by atoms with van der Waals surface area (Å²) in [6, 6.07) is 0. The Bertz CT molecular complexity index is 386. The van der Waals surface area contributed by atoms with Gasteiger partial charge in [-0.2, -0.15) is 5.10 Å². The molecule has 0 aliphatic rings. The molecule has 6 heteroatoms. The summed E-state index contributed by atoms with van der Waals surface area (Å²) < 4.78 is 1.62. The van der Waals surface area contributed by atoms with Crippen molar-refractivity contribution in [3.8, 4) is 0 Å². The number of hydrogen-bond donors (Lipinski definition) is 1. The van der Waals surface area contributed by atoms with Gasteiger partial charge in [0.1, 0.15) is 0 Å². The van der Waals surface area contributed by atoms with Gasteiger partial charge in [0.2, 0.25) is 5.91 Å². The largest absolute Gasteiger partial charge is 0.481 e. The van der Waals surface area contributed by atoms with Crippen molar-refractivity contribution in [3.05, 3.63) is 18.0 Å². The third-order valence-corrected chi connectivity index (χ3v) is 2.20. The molecule has 0 aliphatic carbocycles. The molecule has 0 radical (unpaired) electrons. The molecule has 1 heterocycles. The highest BCUT2D eigenvalue weighted by molar-refractivity contribution is 5.79. The number of carboxylic acid groups (broad SMARTS) is 1. The van der Waals surface area contributed by atoms with Gasteiger partial charge >= 0.3 is 5.97 Å². The van der Waals surface area contributed by atoms with Gasteiger partial charge in [0.15, 0.2) is 0 Å². The minimum Gasteiger partial charge on any atom is -0.481 e. The molecule has 0 saturated heterocycles. The van der Waals surface area contributed by atoms with E-state index in [1.807, 2.05) is 0 Å². The number of aryl methyl sites for hydroxylation is 1. The summed E-state index contributed by atoms with van der Waals surface area (Å²) in [5, 5.41) is 12.4. The van der Waals surface area contributed by atoms with Gasteiger partial charge in [-0.05, 0) is 5.56 Å². The topological polar surface area (TPSA) is 75.4 Å². The number of rotatable bonds is 5. The smallest absolute Gasteiger partial charge is 0.305 e. The third-order valence-electron chi connectivity index (χ3n) is 2.20. The maximum absolute atomic E-state index is 11.6. The van der Waals surface area contributed by atoms with Crippen molar-refractivity contribution in [1.82, 2.24) is 14.7 Å². The zero-order valence-corrected chi connectivity index (χ0v) is 9.38. The molecule has 0 aliphatic heterocycles. The van der Waals surface area contributed by atoms with Crippen LogP contribution < -0.4 is 0 Å². The number of amides is 1. The van der Waals surface area contributed by atoms with Crippen LogP contribution in [0.25, 0.3) is 0 Å². The summed E-state index contributed by atoms with van der Waals surface area (Å²) in [5.41, 5.74) is 0.828. The molecule has 0 unspecified atom stereocenters. The van der Waals surface area contributed by atoms with Crippen LogP contribution in [0.3, 0.4) is 0 Å². The molecule has 1 aromatic rings. The maximum Gasteiger partial charge on any atom is 0.305 e. The average molecular weight is 225 g/mol. The molecule has 1 amide bonds. The van der Waals surface area contributed by atoms with E-state index >= 15 is 0 Å². The van der Waals surface area contributed by atoms with Gasteiger partial charge in [0.25, 0.3) is 0 Å². The Morgan fingerprint density at radius 3 is 2.75 bits per heavy atom. The quantitative estimate of drug-likeness (QED) is 0.759. The lowest BCUT2D eigenvalue weighted by molar-refractivity contribution is -0.138. The second-order valence-corrected chi connectivity index (χ2v) is 3.66. The molecule has 1 rings (SSSR count). The fraction of sp³-hybridized carbons (Fsp3) is 0.500. The van der Waals surface area contributed by atoms with Gasteiger partial charge in [0, 0.05) is 26.8 Å². The standard InChI is InChI=1S/C10H15N3O3/c1-12(4-3-10(15)16)9(14)5-8-6-11-13(2)7-8/h6-7H,3-5H2,1-2H3,(H,15,16). The first-order valence-corrected chi connectivity index (χ1v) is 4.92. The highest BCUT2D eigenvalue weighted by atomic mass is 16.4. The molecule has 0 spiro atoms. The zero-order chi connectivity index (χ0) is 12.1. The van der Waals surface area contributed by atoms with Crippen molar-refractivity contribution >= 4 is 11.9 Å². The van der Waals surface area contributed by atoms with Crippen molar-refractivity contribution in [2.75, 3.05) is 13.6 Å². The Hall–Kier alpha value is -1.85. The lowest BCUT2D eigenvalue weighted by Crippen LogP contribution is -2.30. The van der Waals surface area contributed by atoms with Crippen LogP contribution in [0, 0.1) is 0 Å². The number of carboxylic acids is 1. The van der Waals surface area contributed by atoms with Crippen molar-refractivity contribution in [3.63, 3.8) is 0 Å². The molecule has 88 valence electrons. The van der Waals surface area contributed by atoms with Crippen LogP contribution in [0.5, 0.6) is 0 Å². The fourth-order valence-corrected chi connectivity index (χ4v) is 1.26. The van der Waals surface area contributed by atoms with Gasteiger partial charge in [-0.25, -0.2) is 0 Å². The van der Waals surface area contributed by atoms with Crippen molar-refractivity contribution in [2.24, 2.45) is 7.05 Å². The van der Waals surface area contributed by atoms with Crippen LogP contribution in [0.2, 0.25) is 0 Å². The van der Waals surface area contributed by atoms with E-state index in [9.17, 15) is 9.59 Å². The molecule has 0 atom stereocenters. The van der Waals surface area contributed by atoms with E-state index in [0.29, 0.717) is 0 Å². The minimum atomic E-state index is -0.902. The fourth-order valence-electron chi connectivity index (χ4n) is 1.26. The summed E-state index contributed by atoms with van der Waals surface area (Å²) in [5.74, 6) is -1.00. The lowest BCUT2D eigenvalue weighted by atomic mass is 10.2. The number of carbonyl (C=O) groups excluding carboxylic acids is 1. The van der Waals surface area contributed by atoms with Crippen LogP contribution in [0.4, 0.5) is 0 Å². The summed E-state index contributed by atoms with van der Waals surface area (Å²) in [6.07, 6.45) is 3.62. The van der Waals surface area contributed by atoms with Gasteiger partial charge in [-0.15, -0.1) is 0 Å². The summed E-state index contributed by atoms with van der Waals surface area (Å²) >= 11 is 0. The van der Waals surface area contributed by atoms with E-state index in [2.05, 4.69) is 5.10 Å². The Morgan fingerprint density at radius 1 is 1.56 bits per heavy atom. The normalized spacial score (nSPS) is 10.1. The first-order valence-electron chi connectivity index (χ1n) is 4.92. The highest BCUT2D eigenvalue weighted by Crippen LogP contribution is 2.01.